The van der Waals surface area contributed by atoms with Crippen molar-refractivity contribution >= 4 is 23.4 Å². The summed E-state index contributed by atoms with van der Waals surface area (Å²) in [6, 6.07) is 18.6. The molecule has 1 atom stereocenters. The van der Waals surface area contributed by atoms with Crippen LogP contribution in [0.15, 0.2) is 54.6 Å². The lowest BCUT2D eigenvalue weighted by Crippen LogP contribution is -2.30. The molecule has 7 nitrogen and oxygen atoms in total. The van der Waals surface area contributed by atoms with Gasteiger partial charge in [0.2, 0.25) is 0 Å². The highest BCUT2D eigenvalue weighted by atomic mass is 35.5. The number of aliphatic carboxylic acids is 1. The predicted octanol–water partition coefficient (Wildman–Crippen LogP) is 8.09. The number of hydrogen-bond donors (Lipinski definition) is 2. The lowest BCUT2D eigenvalue weighted by Gasteiger charge is -2.31. The van der Waals surface area contributed by atoms with E-state index in [0.29, 0.717) is 23.7 Å². The topological polar surface area (TPSA) is 97.9 Å². The van der Waals surface area contributed by atoms with Crippen LogP contribution in [0.25, 0.3) is 22.3 Å². The van der Waals surface area contributed by atoms with Gasteiger partial charge in [-0.2, -0.15) is 0 Å². The predicted molar refractivity (Wildman–Crippen MR) is 183 cm³/mol. The lowest BCUT2D eigenvalue weighted by molar-refractivity contribution is -0.160. The Bertz CT molecular complexity index is 1790. The van der Waals surface area contributed by atoms with Crippen LogP contribution in [-0.2, 0) is 35.5 Å². The van der Waals surface area contributed by atoms with E-state index in [0.717, 1.165) is 77.5 Å². The number of hydrogen-bond acceptors (Lipinski definition) is 6. The highest BCUT2D eigenvalue weighted by molar-refractivity contribution is 6.31. The molecule has 0 radical (unpaired) electrons. The maximum Gasteiger partial charge on any atom is 0.337 e. The molecule has 0 fully saturated rings. The number of nitrogens with two attached hydrogens (primary N) is 1. The molecule has 2 aliphatic heterocycles. The molecular formula is C38H42ClN3O4. The fraction of sp³-hybridized carbons (Fsp3) is 0.368. The minimum atomic E-state index is -1.24. The van der Waals surface area contributed by atoms with Gasteiger partial charge in [0.15, 0.2) is 6.10 Å². The molecular weight excluding hydrogens is 598 g/mol. The maximum atomic E-state index is 12.9. The number of fused-ring (bicyclic) bond motifs is 2. The van der Waals surface area contributed by atoms with E-state index in [1.54, 1.807) is 0 Å². The number of carbonyl (C=O) groups is 1. The van der Waals surface area contributed by atoms with E-state index < -0.39 is 17.7 Å². The molecule has 3 N–H and O–H groups in total. The van der Waals surface area contributed by atoms with Crippen LogP contribution in [-0.4, -0.2) is 39.7 Å². The number of pyridine rings is 1. The van der Waals surface area contributed by atoms with Crippen molar-refractivity contribution in [1.29, 1.82) is 0 Å². The second-order valence-corrected chi connectivity index (χ2v) is 13.9. The van der Waals surface area contributed by atoms with Gasteiger partial charge in [-0.25, -0.2) is 9.78 Å². The van der Waals surface area contributed by atoms with Crippen molar-refractivity contribution < 1.29 is 19.4 Å². The fourth-order valence-electron chi connectivity index (χ4n) is 6.75. The molecule has 2 aliphatic rings. The molecule has 46 heavy (non-hydrogen) atoms. The van der Waals surface area contributed by atoms with Gasteiger partial charge in [-0.1, -0.05) is 48.0 Å². The van der Waals surface area contributed by atoms with Crippen molar-refractivity contribution in [1.82, 2.24) is 9.88 Å². The van der Waals surface area contributed by atoms with E-state index >= 15 is 0 Å². The van der Waals surface area contributed by atoms with Crippen LogP contribution < -0.4 is 10.5 Å². The van der Waals surface area contributed by atoms with Gasteiger partial charge in [0.25, 0.3) is 0 Å². The SMILES string of the molecule is Cc1cccc(Cl)c1CN1CCc2cc(-c3c(N)nc(C)c(C(OC(C)(C)C)C(=O)O)c3-c3ccc4c(c3)CCCO4)ccc2C1. The Morgan fingerprint density at radius 2 is 1.78 bits per heavy atom. The van der Waals surface area contributed by atoms with E-state index in [2.05, 4.69) is 42.2 Å². The maximum absolute atomic E-state index is 12.9. The molecule has 3 aromatic carbocycles. The van der Waals surface area contributed by atoms with E-state index in [1.807, 2.05) is 52.0 Å². The Labute approximate surface area is 276 Å². The number of rotatable bonds is 7. The summed E-state index contributed by atoms with van der Waals surface area (Å²) in [5.41, 5.74) is 16.3. The highest BCUT2D eigenvalue weighted by Gasteiger charge is 2.34. The minimum Gasteiger partial charge on any atom is -0.493 e. The average Bonchev–Trinajstić information content (AvgIpc) is 3.00. The summed E-state index contributed by atoms with van der Waals surface area (Å²) in [5, 5.41) is 11.3. The molecule has 0 saturated carbocycles. The summed E-state index contributed by atoms with van der Waals surface area (Å²) in [7, 11) is 0. The summed E-state index contributed by atoms with van der Waals surface area (Å²) in [6.45, 7) is 12.7. The molecule has 0 spiro atoms. The molecule has 1 unspecified atom stereocenters. The zero-order valence-corrected chi connectivity index (χ0v) is 28.0. The number of carboxylic acids is 1. The van der Waals surface area contributed by atoms with E-state index in [-0.39, 0.29) is 0 Å². The Morgan fingerprint density at radius 1 is 1.04 bits per heavy atom. The first-order valence-electron chi connectivity index (χ1n) is 15.9. The van der Waals surface area contributed by atoms with Crippen molar-refractivity contribution in [3.63, 3.8) is 0 Å². The number of aryl methyl sites for hydroxylation is 3. The molecule has 240 valence electrons. The van der Waals surface area contributed by atoms with Gasteiger partial charge in [0.1, 0.15) is 11.6 Å². The van der Waals surface area contributed by atoms with Crippen molar-refractivity contribution in [3.8, 4) is 28.0 Å². The van der Waals surface area contributed by atoms with E-state index in [9.17, 15) is 9.90 Å². The number of carboxylic acid groups (broad SMARTS) is 1. The zero-order valence-electron chi connectivity index (χ0n) is 27.2. The fourth-order valence-corrected chi connectivity index (χ4v) is 7.03. The van der Waals surface area contributed by atoms with E-state index in [4.69, 9.17) is 31.8 Å². The van der Waals surface area contributed by atoms with Crippen LogP contribution in [0.5, 0.6) is 5.75 Å². The molecule has 0 saturated heterocycles. The van der Waals surface area contributed by atoms with Gasteiger partial charge < -0.3 is 20.3 Å². The summed E-state index contributed by atoms with van der Waals surface area (Å²) >= 11 is 6.56. The average molecular weight is 640 g/mol. The van der Waals surface area contributed by atoms with Crippen LogP contribution in [0.1, 0.15) is 72.4 Å². The van der Waals surface area contributed by atoms with Crippen LogP contribution >= 0.6 is 11.6 Å². The smallest absolute Gasteiger partial charge is 0.337 e. The van der Waals surface area contributed by atoms with Crippen molar-refractivity contribution in [2.45, 2.75) is 78.7 Å². The molecule has 0 aliphatic carbocycles. The number of ether oxygens (including phenoxy) is 2. The first-order chi connectivity index (χ1) is 21.9. The second-order valence-electron chi connectivity index (χ2n) is 13.4. The van der Waals surface area contributed by atoms with Crippen molar-refractivity contribution in [3.05, 3.63) is 98.7 Å². The number of benzene rings is 3. The van der Waals surface area contributed by atoms with Crippen LogP contribution in [0.2, 0.25) is 5.02 Å². The third kappa shape index (κ3) is 6.50. The van der Waals surface area contributed by atoms with Gasteiger partial charge in [-0.3, -0.25) is 4.90 Å². The standard InChI is InChI=1S/C38H42ClN3O4/c1-22-8-6-10-30(39)29(22)21-42-16-15-24-18-27(11-12-28(24)20-42)34-33(26-13-14-31-25(19-26)9-7-17-45-31)32(23(2)41-36(34)40)35(37(43)44)46-38(3,4)5/h6,8,10-14,18-19,35H,7,9,15-17,20-21H2,1-5H3,(H2,40,41)(H,43,44). The zero-order chi connectivity index (χ0) is 32.7. The number of nitrogen functional groups attached to an aromatic ring is 1. The summed E-state index contributed by atoms with van der Waals surface area (Å²) in [4.78, 5) is 20.0. The summed E-state index contributed by atoms with van der Waals surface area (Å²) < 4.78 is 12.1. The van der Waals surface area contributed by atoms with Crippen LogP contribution in [0.4, 0.5) is 5.82 Å². The van der Waals surface area contributed by atoms with E-state index in [1.165, 1.54) is 22.3 Å². The van der Waals surface area contributed by atoms with Gasteiger partial charge in [-0.15, -0.1) is 0 Å². The normalized spacial score (nSPS) is 15.5. The number of anilines is 1. The highest BCUT2D eigenvalue weighted by Crippen LogP contribution is 2.45. The van der Waals surface area contributed by atoms with Gasteiger partial charge in [0.05, 0.1) is 12.2 Å². The van der Waals surface area contributed by atoms with Gasteiger partial charge in [-0.05, 0) is 111 Å². The second kappa shape index (κ2) is 12.7. The first-order valence-corrected chi connectivity index (χ1v) is 16.3. The Balaban J connectivity index is 1.47. The molecule has 0 bridgehead atoms. The third-order valence-electron chi connectivity index (χ3n) is 8.93. The first kappa shape index (κ1) is 32.0. The molecule has 8 heteroatoms. The third-order valence-corrected chi connectivity index (χ3v) is 9.28. The minimum absolute atomic E-state index is 0.358. The van der Waals surface area contributed by atoms with Crippen LogP contribution in [0, 0.1) is 13.8 Å². The van der Waals surface area contributed by atoms with Gasteiger partial charge in [0, 0.05) is 47.0 Å². The Kier molecular flexibility index (Phi) is 8.85. The lowest BCUT2D eigenvalue weighted by atomic mass is 9.85. The molecule has 0 amide bonds. The van der Waals surface area contributed by atoms with Crippen LogP contribution in [0.3, 0.4) is 0 Å². The number of halogens is 1. The molecule has 4 aromatic rings. The number of aromatic nitrogens is 1. The largest absolute Gasteiger partial charge is 0.493 e. The molecule has 3 heterocycles. The van der Waals surface area contributed by atoms with Crippen molar-refractivity contribution in [2.75, 3.05) is 18.9 Å². The Hall–Kier alpha value is -3.91. The Morgan fingerprint density at radius 3 is 2.52 bits per heavy atom. The molecule has 6 rings (SSSR count). The monoisotopic (exact) mass is 639 g/mol. The number of nitrogens with zero attached hydrogens (tertiary/aromatic N) is 2. The van der Waals surface area contributed by atoms with Crippen molar-refractivity contribution in [2.24, 2.45) is 0 Å². The quantitative estimate of drug-likeness (QED) is 0.211. The summed E-state index contributed by atoms with van der Waals surface area (Å²) in [5.74, 6) is 0.150. The molecule has 1 aromatic heterocycles. The van der Waals surface area contributed by atoms with Gasteiger partial charge >= 0.3 is 5.97 Å². The summed E-state index contributed by atoms with van der Waals surface area (Å²) in [6.07, 6.45) is 1.44.